The first-order valence-electron chi connectivity index (χ1n) is 7.35. The number of anilines is 1. The quantitative estimate of drug-likeness (QED) is 0.853. The first-order valence-corrected chi connectivity index (χ1v) is 8.17. The largest absolute Gasteiger partial charge is 0.347 e. The molecule has 22 heavy (non-hydrogen) atoms. The van der Waals surface area contributed by atoms with E-state index >= 15 is 0 Å². The molecule has 1 aliphatic heterocycles. The number of rotatable bonds is 3. The van der Waals surface area contributed by atoms with Crippen LogP contribution in [0, 0.1) is 6.92 Å². The van der Waals surface area contributed by atoms with Gasteiger partial charge in [-0.25, -0.2) is 0 Å². The van der Waals surface area contributed by atoms with Crippen molar-refractivity contribution in [3.05, 3.63) is 23.0 Å². The molecule has 0 saturated carbocycles. The molecule has 8 heteroatoms. The van der Waals surface area contributed by atoms with Crippen LogP contribution in [0.3, 0.4) is 0 Å². The zero-order valence-corrected chi connectivity index (χ0v) is 13.9. The fourth-order valence-corrected chi connectivity index (χ4v) is 3.50. The van der Waals surface area contributed by atoms with Gasteiger partial charge in [0.25, 0.3) is 5.91 Å². The molecular formula is C14H20N6OS. The second kappa shape index (κ2) is 6.04. The van der Waals surface area contributed by atoms with Crippen molar-refractivity contribution >= 4 is 22.4 Å². The van der Waals surface area contributed by atoms with Crippen LogP contribution in [0.1, 0.15) is 28.2 Å². The van der Waals surface area contributed by atoms with Gasteiger partial charge in [-0.15, -0.1) is 10.2 Å². The number of hydrogen-bond donors (Lipinski definition) is 0. The Kier molecular flexibility index (Phi) is 4.10. The van der Waals surface area contributed by atoms with Crippen molar-refractivity contribution in [1.29, 1.82) is 0 Å². The molecule has 0 atom stereocenters. The molecule has 1 saturated heterocycles. The maximum atomic E-state index is 12.5. The highest BCUT2D eigenvalue weighted by Gasteiger charge is 2.27. The Morgan fingerprint density at radius 3 is 2.64 bits per heavy atom. The minimum atomic E-state index is 0.0401. The summed E-state index contributed by atoms with van der Waals surface area (Å²) in [7, 11) is 3.70. The number of hydrogen-bond acceptors (Lipinski definition) is 6. The fraction of sp³-hybridized carbons (Fsp3) is 0.571. The summed E-state index contributed by atoms with van der Waals surface area (Å²) in [5, 5.41) is 14.3. The van der Waals surface area contributed by atoms with Gasteiger partial charge in [-0.1, -0.05) is 11.3 Å². The van der Waals surface area contributed by atoms with E-state index in [-0.39, 0.29) is 11.9 Å². The molecule has 0 spiro atoms. The number of piperidine rings is 1. The number of carbonyl (C=O) groups excluding carboxylic acids is 1. The average molecular weight is 320 g/mol. The number of aromatic nitrogens is 4. The Bertz CT molecular complexity index is 658. The summed E-state index contributed by atoms with van der Waals surface area (Å²) in [4.78, 5) is 16.6. The van der Waals surface area contributed by atoms with Gasteiger partial charge >= 0.3 is 0 Å². The Hall–Kier alpha value is -1.96. The van der Waals surface area contributed by atoms with Crippen molar-refractivity contribution in [2.45, 2.75) is 25.8 Å². The first kappa shape index (κ1) is 15.0. The Balaban J connectivity index is 1.60. The molecule has 1 fully saturated rings. The van der Waals surface area contributed by atoms with Gasteiger partial charge in [0.1, 0.15) is 5.01 Å². The van der Waals surface area contributed by atoms with Crippen LogP contribution in [0.2, 0.25) is 0 Å². The van der Waals surface area contributed by atoms with Crippen LogP contribution >= 0.6 is 11.3 Å². The molecule has 3 rings (SSSR count). The van der Waals surface area contributed by atoms with Gasteiger partial charge in [0.15, 0.2) is 0 Å². The lowest BCUT2D eigenvalue weighted by atomic mass is 10.0. The second-order valence-corrected chi connectivity index (χ2v) is 6.80. The number of aryl methyl sites for hydroxylation is 2. The SMILES string of the molecule is Cc1nnc(N2CCC(N(C)C(=O)c3cnn(C)c3)CC2)s1. The summed E-state index contributed by atoms with van der Waals surface area (Å²) in [6.45, 7) is 3.78. The summed E-state index contributed by atoms with van der Waals surface area (Å²) in [5.41, 5.74) is 0.646. The summed E-state index contributed by atoms with van der Waals surface area (Å²) in [5.74, 6) is 0.0401. The van der Waals surface area contributed by atoms with Crippen molar-refractivity contribution in [1.82, 2.24) is 24.9 Å². The third-order valence-corrected chi connectivity index (χ3v) is 4.97. The van der Waals surface area contributed by atoms with Crippen molar-refractivity contribution in [2.24, 2.45) is 7.05 Å². The topological polar surface area (TPSA) is 67.2 Å². The van der Waals surface area contributed by atoms with Crippen LogP contribution in [-0.2, 0) is 7.05 Å². The van der Waals surface area contributed by atoms with Crippen LogP contribution in [0.5, 0.6) is 0 Å². The van der Waals surface area contributed by atoms with E-state index in [1.807, 2.05) is 25.9 Å². The summed E-state index contributed by atoms with van der Waals surface area (Å²) in [6.07, 6.45) is 5.28. The van der Waals surface area contributed by atoms with Crippen LogP contribution in [0.15, 0.2) is 12.4 Å². The Morgan fingerprint density at radius 1 is 1.36 bits per heavy atom. The minimum Gasteiger partial charge on any atom is -0.347 e. The normalized spacial score (nSPS) is 16.0. The monoisotopic (exact) mass is 320 g/mol. The van der Waals surface area contributed by atoms with E-state index in [0.717, 1.165) is 36.1 Å². The molecule has 1 aliphatic rings. The summed E-state index contributed by atoms with van der Waals surface area (Å²) >= 11 is 1.62. The lowest BCUT2D eigenvalue weighted by molar-refractivity contribution is 0.0709. The molecule has 2 aromatic heterocycles. The van der Waals surface area contributed by atoms with Crippen LogP contribution in [0.4, 0.5) is 5.13 Å². The van der Waals surface area contributed by atoms with Gasteiger partial charge in [-0.3, -0.25) is 9.48 Å². The molecule has 0 radical (unpaired) electrons. The van der Waals surface area contributed by atoms with Gasteiger partial charge in [0.05, 0.1) is 11.8 Å². The van der Waals surface area contributed by atoms with E-state index in [1.54, 1.807) is 28.4 Å². The van der Waals surface area contributed by atoms with Gasteiger partial charge < -0.3 is 9.80 Å². The standard InChI is InChI=1S/C14H20N6OS/c1-10-16-17-14(22-10)20-6-4-12(5-7-20)19(3)13(21)11-8-15-18(2)9-11/h8-9,12H,4-7H2,1-3H3. The third-order valence-electron chi connectivity index (χ3n) is 4.07. The molecule has 1 amide bonds. The summed E-state index contributed by atoms with van der Waals surface area (Å²) in [6, 6.07) is 0.262. The van der Waals surface area contributed by atoms with Gasteiger partial charge in [-0.05, 0) is 19.8 Å². The number of nitrogens with zero attached hydrogens (tertiary/aromatic N) is 6. The van der Waals surface area contributed by atoms with E-state index in [1.165, 1.54) is 0 Å². The lowest BCUT2D eigenvalue weighted by Crippen LogP contribution is -2.45. The van der Waals surface area contributed by atoms with Gasteiger partial charge in [0.2, 0.25) is 5.13 Å². The molecule has 0 aromatic carbocycles. The molecule has 3 heterocycles. The summed E-state index contributed by atoms with van der Waals surface area (Å²) < 4.78 is 1.65. The molecule has 0 N–H and O–H groups in total. The first-order chi connectivity index (χ1) is 10.5. The highest BCUT2D eigenvalue weighted by molar-refractivity contribution is 7.15. The molecule has 0 aliphatic carbocycles. The molecule has 2 aromatic rings. The van der Waals surface area contributed by atoms with Gasteiger partial charge in [0, 0.05) is 39.4 Å². The zero-order valence-electron chi connectivity index (χ0n) is 13.1. The van der Waals surface area contributed by atoms with Crippen LogP contribution < -0.4 is 4.90 Å². The average Bonchev–Trinajstić information content (AvgIpc) is 3.14. The highest BCUT2D eigenvalue weighted by atomic mass is 32.1. The van der Waals surface area contributed by atoms with Crippen molar-refractivity contribution in [3.63, 3.8) is 0 Å². The minimum absolute atomic E-state index is 0.0401. The number of amides is 1. The molecule has 118 valence electrons. The third kappa shape index (κ3) is 2.96. The smallest absolute Gasteiger partial charge is 0.257 e. The number of carbonyl (C=O) groups is 1. The van der Waals surface area contributed by atoms with Crippen molar-refractivity contribution in [3.8, 4) is 0 Å². The molecule has 0 unspecified atom stereocenters. The molecule has 7 nitrogen and oxygen atoms in total. The maximum absolute atomic E-state index is 12.5. The lowest BCUT2D eigenvalue weighted by Gasteiger charge is -2.36. The van der Waals surface area contributed by atoms with E-state index in [9.17, 15) is 4.79 Å². The predicted molar refractivity (Wildman–Crippen MR) is 85.2 cm³/mol. The van der Waals surface area contributed by atoms with E-state index in [4.69, 9.17) is 0 Å². The van der Waals surface area contributed by atoms with E-state index in [0.29, 0.717) is 5.56 Å². The maximum Gasteiger partial charge on any atom is 0.257 e. The van der Waals surface area contributed by atoms with Crippen molar-refractivity contribution in [2.75, 3.05) is 25.0 Å². The zero-order chi connectivity index (χ0) is 15.7. The van der Waals surface area contributed by atoms with Gasteiger partial charge in [-0.2, -0.15) is 5.10 Å². The predicted octanol–water partition coefficient (Wildman–Crippen LogP) is 1.32. The van der Waals surface area contributed by atoms with Crippen LogP contribution in [-0.4, -0.2) is 57.0 Å². The fourth-order valence-electron chi connectivity index (χ4n) is 2.76. The molecular weight excluding hydrogens is 300 g/mol. The van der Waals surface area contributed by atoms with Crippen LogP contribution in [0.25, 0.3) is 0 Å². The second-order valence-electron chi connectivity index (χ2n) is 5.64. The van der Waals surface area contributed by atoms with E-state index < -0.39 is 0 Å². The Labute approximate surface area is 133 Å². The Morgan fingerprint density at radius 2 is 2.09 bits per heavy atom. The van der Waals surface area contributed by atoms with Crippen molar-refractivity contribution < 1.29 is 4.79 Å². The van der Waals surface area contributed by atoms with E-state index in [2.05, 4.69) is 20.2 Å². The molecule has 0 bridgehead atoms. The highest BCUT2D eigenvalue weighted by Crippen LogP contribution is 2.25.